The fourth-order valence-electron chi connectivity index (χ4n) is 2.97. The molecule has 0 saturated heterocycles. The van der Waals surface area contributed by atoms with Gasteiger partial charge in [-0.25, -0.2) is 0 Å². The minimum atomic E-state index is 0.0317. The molecule has 0 bridgehead atoms. The number of para-hydroxylation sites is 1. The average Bonchev–Trinajstić information content (AvgIpc) is 3.19. The number of benzene rings is 2. The second kappa shape index (κ2) is 6.40. The Hall–Kier alpha value is -3.14. The molecule has 0 amide bonds. The van der Waals surface area contributed by atoms with Crippen LogP contribution < -0.4 is 0 Å². The molecule has 4 rings (SSSR count). The van der Waals surface area contributed by atoms with Crippen LogP contribution in [0.1, 0.15) is 28.2 Å². The summed E-state index contributed by atoms with van der Waals surface area (Å²) >= 11 is 0. The Morgan fingerprint density at radius 3 is 2.68 bits per heavy atom. The summed E-state index contributed by atoms with van der Waals surface area (Å²) in [7, 11) is 0. The van der Waals surface area contributed by atoms with Gasteiger partial charge in [0.1, 0.15) is 11.5 Å². The first kappa shape index (κ1) is 15.4. The summed E-state index contributed by atoms with van der Waals surface area (Å²) in [5.41, 5.74) is 6.13. The molecule has 0 fully saturated rings. The number of aliphatic imine (C=N–C) groups is 1. The Morgan fingerprint density at radius 1 is 1.04 bits per heavy atom. The maximum atomic E-state index is 10.1. The van der Waals surface area contributed by atoms with Crippen molar-refractivity contribution in [1.29, 1.82) is 0 Å². The average molecular weight is 329 g/mol. The second-order valence-electron chi connectivity index (χ2n) is 6.28. The van der Waals surface area contributed by atoms with Crippen molar-refractivity contribution in [3.63, 3.8) is 0 Å². The molecule has 0 atom stereocenters. The van der Waals surface area contributed by atoms with Crippen LogP contribution in [-0.2, 0) is 12.8 Å². The number of nitrogens with one attached hydrogen (secondary N) is 1. The molecule has 0 unspecified atom stereocenters. The van der Waals surface area contributed by atoms with Crippen LogP contribution in [-0.4, -0.2) is 21.3 Å². The van der Waals surface area contributed by atoms with E-state index in [9.17, 15) is 5.11 Å². The summed E-state index contributed by atoms with van der Waals surface area (Å²) in [6.07, 6.45) is 5.35. The van der Waals surface area contributed by atoms with Gasteiger partial charge in [0.15, 0.2) is 0 Å². The molecule has 2 N–H and O–H groups in total. The van der Waals surface area contributed by atoms with Crippen molar-refractivity contribution in [1.82, 2.24) is 9.97 Å². The van der Waals surface area contributed by atoms with Crippen molar-refractivity contribution < 1.29 is 5.11 Å². The van der Waals surface area contributed by atoms with Gasteiger partial charge < -0.3 is 10.1 Å². The van der Waals surface area contributed by atoms with Gasteiger partial charge in [0.05, 0.1) is 5.69 Å². The molecule has 0 aliphatic carbocycles. The zero-order valence-corrected chi connectivity index (χ0v) is 14.0. The van der Waals surface area contributed by atoms with Gasteiger partial charge in [0.2, 0.25) is 5.88 Å². The molecular formula is C21H19N3O. The number of hydrogen-bond donors (Lipinski definition) is 2. The van der Waals surface area contributed by atoms with Gasteiger partial charge in [0, 0.05) is 23.8 Å². The van der Waals surface area contributed by atoms with Crippen molar-refractivity contribution in [2.45, 2.75) is 19.8 Å². The molecule has 4 heteroatoms. The third-order valence-corrected chi connectivity index (χ3v) is 4.39. The monoisotopic (exact) mass is 329 g/mol. The molecule has 0 saturated carbocycles. The summed E-state index contributed by atoms with van der Waals surface area (Å²) in [6.45, 7) is 2.08. The van der Waals surface area contributed by atoms with Crippen molar-refractivity contribution in [2.24, 2.45) is 4.99 Å². The molecule has 2 aromatic carbocycles. The van der Waals surface area contributed by atoms with Crippen LogP contribution in [0.2, 0.25) is 0 Å². The minimum absolute atomic E-state index is 0.0317. The third-order valence-electron chi connectivity index (χ3n) is 4.39. The summed E-state index contributed by atoms with van der Waals surface area (Å²) in [5, 5.41) is 10.1. The molecule has 1 aliphatic heterocycles. The predicted molar refractivity (Wildman–Crippen MR) is 101 cm³/mol. The SMILES string of the molecule is Cc1ccc(CCc2nc(O)c(/C=C3\C=Nc4ccccc43)[nH]2)cc1. The van der Waals surface area contributed by atoms with Gasteiger partial charge in [-0.15, -0.1) is 0 Å². The first-order chi connectivity index (χ1) is 12.2. The van der Waals surface area contributed by atoms with Crippen molar-refractivity contribution >= 4 is 23.6 Å². The van der Waals surface area contributed by atoms with E-state index < -0.39 is 0 Å². The maximum Gasteiger partial charge on any atom is 0.237 e. The fraction of sp³-hybridized carbons (Fsp3) is 0.143. The van der Waals surface area contributed by atoms with E-state index in [2.05, 4.69) is 46.1 Å². The van der Waals surface area contributed by atoms with Gasteiger partial charge >= 0.3 is 0 Å². The van der Waals surface area contributed by atoms with E-state index in [1.807, 2.05) is 36.6 Å². The van der Waals surface area contributed by atoms with Crippen LogP contribution in [0.15, 0.2) is 53.5 Å². The van der Waals surface area contributed by atoms with E-state index in [1.54, 1.807) is 0 Å². The number of fused-ring (bicyclic) bond motifs is 1. The van der Waals surface area contributed by atoms with E-state index in [-0.39, 0.29) is 5.88 Å². The molecule has 124 valence electrons. The highest BCUT2D eigenvalue weighted by Gasteiger charge is 2.14. The van der Waals surface area contributed by atoms with E-state index in [4.69, 9.17) is 0 Å². The Kier molecular flexibility index (Phi) is 3.94. The van der Waals surface area contributed by atoms with Gasteiger partial charge in [-0.1, -0.05) is 48.0 Å². The molecule has 3 aromatic rings. The number of aromatic hydroxyl groups is 1. The van der Waals surface area contributed by atoms with Gasteiger partial charge in [-0.05, 0) is 31.1 Å². The van der Waals surface area contributed by atoms with Crippen LogP contribution in [0.3, 0.4) is 0 Å². The lowest BCUT2D eigenvalue weighted by Gasteiger charge is -2.00. The Labute approximate surface area is 146 Å². The van der Waals surface area contributed by atoms with Crippen LogP contribution in [0.25, 0.3) is 11.6 Å². The van der Waals surface area contributed by atoms with Crippen LogP contribution in [0, 0.1) is 6.92 Å². The molecule has 0 radical (unpaired) electrons. The molecule has 0 spiro atoms. The zero-order valence-electron chi connectivity index (χ0n) is 14.0. The number of aryl methyl sites for hydroxylation is 3. The number of hydrogen-bond acceptors (Lipinski definition) is 3. The molecular weight excluding hydrogens is 310 g/mol. The highest BCUT2D eigenvalue weighted by Crippen LogP contribution is 2.33. The third kappa shape index (κ3) is 3.24. The summed E-state index contributed by atoms with van der Waals surface area (Å²) in [4.78, 5) is 11.9. The second-order valence-corrected chi connectivity index (χ2v) is 6.28. The van der Waals surface area contributed by atoms with Crippen molar-refractivity contribution in [3.8, 4) is 5.88 Å². The topological polar surface area (TPSA) is 61.3 Å². The highest BCUT2D eigenvalue weighted by atomic mass is 16.3. The summed E-state index contributed by atoms with van der Waals surface area (Å²) in [5.74, 6) is 0.817. The highest BCUT2D eigenvalue weighted by molar-refractivity contribution is 6.21. The lowest BCUT2D eigenvalue weighted by Crippen LogP contribution is -1.93. The van der Waals surface area contributed by atoms with Crippen molar-refractivity contribution in [3.05, 3.63) is 76.7 Å². The standard InChI is InChI=1S/C21H19N3O/c1-14-6-8-15(9-7-14)10-11-20-23-19(21(25)24-20)12-16-13-22-18-5-3-2-4-17(16)18/h2-9,12-13,25H,10-11H2,1H3,(H,23,24)/b16-12+. The normalized spacial score (nSPS) is 14.2. The van der Waals surface area contributed by atoms with Crippen molar-refractivity contribution in [2.75, 3.05) is 0 Å². The number of aromatic amines is 1. The van der Waals surface area contributed by atoms with Crippen LogP contribution in [0.5, 0.6) is 5.88 Å². The predicted octanol–water partition coefficient (Wildman–Crippen LogP) is 4.47. The van der Waals surface area contributed by atoms with Crippen LogP contribution in [0.4, 0.5) is 5.69 Å². The number of imidazole rings is 1. The molecule has 4 nitrogen and oxygen atoms in total. The summed E-state index contributed by atoms with van der Waals surface area (Å²) < 4.78 is 0. The van der Waals surface area contributed by atoms with E-state index in [0.29, 0.717) is 5.69 Å². The number of allylic oxidation sites excluding steroid dienone is 1. The fourth-order valence-corrected chi connectivity index (χ4v) is 2.97. The van der Waals surface area contributed by atoms with Crippen LogP contribution >= 0.6 is 0 Å². The Bertz CT molecular complexity index is 965. The van der Waals surface area contributed by atoms with Gasteiger partial charge in [0.25, 0.3) is 0 Å². The Morgan fingerprint density at radius 2 is 1.84 bits per heavy atom. The molecule has 1 aromatic heterocycles. The minimum Gasteiger partial charge on any atom is -0.492 e. The summed E-state index contributed by atoms with van der Waals surface area (Å²) in [6, 6.07) is 16.5. The molecule has 25 heavy (non-hydrogen) atoms. The van der Waals surface area contributed by atoms with E-state index in [0.717, 1.165) is 35.5 Å². The van der Waals surface area contributed by atoms with E-state index >= 15 is 0 Å². The maximum absolute atomic E-state index is 10.1. The number of nitrogens with zero attached hydrogens (tertiary/aromatic N) is 2. The van der Waals surface area contributed by atoms with Gasteiger partial charge in [-0.2, -0.15) is 4.98 Å². The smallest absolute Gasteiger partial charge is 0.237 e. The first-order valence-corrected chi connectivity index (χ1v) is 8.37. The quantitative estimate of drug-likeness (QED) is 0.742. The van der Waals surface area contributed by atoms with E-state index in [1.165, 1.54) is 11.1 Å². The molecule has 1 aliphatic rings. The number of H-pyrrole nitrogens is 1. The largest absolute Gasteiger partial charge is 0.492 e. The van der Waals surface area contributed by atoms with Gasteiger partial charge in [-0.3, -0.25) is 4.99 Å². The lowest BCUT2D eigenvalue weighted by molar-refractivity contribution is 0.454. The lowest BCUT2D eigenvalue weighted by atomic mass is 10.1. The molecule has 2 heterocycles. The first-order valence-electron chi connectivity index (χ1n) is 8.37. The zero-order chi connectivity index (χ0) is 17.2. The Balaban J connectivity index is 1.52. The number of rotatable bonds is 4. The number of aromatic nitrogens is 2.